The van der Waals surface area contributed by atoms with Gasteiger partial charge in [0.15, 0.2) is 0 Å². The maximum absolute atomic E-state index is 11.8. The molecule has 27 heavy (non-hydrogen) atoms. The zero-order chi connectivity index (χ0) is 18.9. The molecular weight excluding hydrogens is 362 g/mol. The van der Waals surface area contributed by atoms with Gasteiger partial charge in [0.2, 0.25) is 0 Å². The minimum Gasteiger partial charge on any atom is -0.445 e. The summed E-state index contributed by atoms with van der Waals surface area (Å²) in [6, 6.07) is 19.1. The van der Waals surface area contributed by atoms with Gasteiger partial charge in [-0.1, -0.05) is 60.1 Å². The number of hydrogen-bond donors (Lipinski definition) is 2. The van der Waals surface area contributed by atoms with E-state index in [2.05, 4.69) is 15.6 Å². The normalized spacial score (nSPS) is 10.3. The number of rotatable bonds is 7. The molecule has 0 radical (unpaired) electrons. The maximum Gasteiger partial charge on any atom is 0.407 e. The SMILES string of the molecule is O=C(NCCNc1cnccc1-c1ccccc1Cl)OCc1ccccc1. The van der Waals surface area contributed by atoms with Crippen LogP contribution in [0.2, 0.25) is 5.02 Å². The van der Waals surface area contributed by atoms with Crippen LogP contribution in [-0.2, 0) is 11.3 Å². The standard InChI is InChI=1S/C21H20ClN3O2/c22-19-9-5-4-8-17(19)18-10-11-23-14-20(18)24-12-13-25-21(26)27-15-16-6-2-1-3-7-16/h1-11,14,24H,12-13,15H2,(H,25,26). The van der Waals surface area contributed by atoms with Crippen LogP contribution in [0.25, 0.3) is 11.1 Å². The number of aromatic nitrogens is 1. The van der Waals surface area contributed by atoms with Crippen LogP contribution in [0.15, 0.2) is 73.1 Å². The number of alkyl carbamates (subject to hydrolysis) is 1. The van der Waals surface area contributed by atoms with Crippen molar-refractivity contribution in [3.63, 3.8) is 0 Å². The van der Waals surface area contributed by atoms with Crippen LogP contribution < -0.4 is 10.6 Å². The topological polar surface area (TPSA) is 63.2 Å². The van der Waals surface area contributed by atoms with E-state index in [0.717, 1.165) is 22.4 Å². The number of nitrogens with zero attached hydrogens (tertiary/aromatic N) is 1. The molecule has 0 unspecified atom stereocenters. The Morgan fingerprint density at radius 1 is 0.963 bits per heavy atom. The Balaban J connectivity index is 1.48. The van der Waals surface area contributed by atoms with Crippen molar-refractivity contribution in [1.29, 1.82) is 0 Å². The monoisotopic (exact) mass is 381 g/mol. The highest BCUT2D eigenvalue weighted by molar-refractivity contribution is 6.33. The first-order chi connectivity index (χ1) is 13.2. The van der Waals surface area contributed by atoms with Crippen LogP contribution in [0.1, 0.15) is 5.56 Å². The van der Waals surface area contributed by atoms with E-state index in [-0.39, 0.29) is 6.61 Å². The summed E-state index contributed by atoms with van der Waals surface area (Å²) in [6.45, 7) is 1.20. The lowest BCUT2D eigenvalue weighted by molar-refractivity contribution is 0.140. The molecule has 0 spiro atoms. The molecular formula is C21H20ClN3O2. The third kappa shape index (κ3) is 5.46. The fourth-order valence-electron chi connectivity index (χ4n) is 2.59. The van der Waals surface area contributed by atoms with Crippen molar-refractivity contribution in [3.05, 3.63) is 83.6 Å². The number of ether oxygens (including phenoxy) is 1. The second-order valence-corrected chi connectivity index (χ2v) is 6.22. The van der Waals surface area contributed by atoms with Gasteiger partial charge in [-0.2, -0.15) is 0 Å². The van der Waals surface area contributed by atoms with Gasteiger partial charge in [0, 0.05) is 35.4 Å². The van der Waals surface area contributed by atoms with Crippen molar-refractivity contribution in [2.45, 2.75) is 6.61 Å². The lowest BCUT2D eigenvalue weighted by atomic mass is 10.1. The van der Waals surface area contributed by atoms with Crippen molar-refractivity contribution in [3.8, 4) is 11.1 Å². The van der Waals surface area contributed by atoms with Gasteiger partial charge in [-0.05, 0) is 17.7 Å². The lowest BCUT2D eigenvalue weighted by Gasteiger charge is -2.13. The average Bonchev–Trinajstić information content (AvgIpc) is 2.71. The number of anilines is 1. The highest BCUT2D eigenvalue weighted by Crippen LogP contribution is 2.32. The molecule has 1 amide bonds. The summed E-state index contributed by atoms with van der Waals surface area (Å²) in [7, 11) is 0. The van der Waals surface area contributed by atoms with Crippen molar-refractivity contribution >= 4 is 23.4 Å². The summed E-state index contributed by atoms with van der Waals surface area (Å²) in [6.07, 6.45) is 3.02. The van der Waals surface area contributed by atoms with E-state index in [0.29, 0.717) is 18.1 Å². The third-order valence-corrected chi connectivity index (χ3v) is 4.24. The Morgan fingerprint density at radius 3 is 2.56 bits per heavy atom. The summed E-state index contributed by atoms with van der Waals surface area (Å²) in [5.74, 6) is 0. The molecule has 5 nitrogen and oxygen atoms in total. The van der Waals surface area contributed by atoms with Crippen LogP contribution >= 0.6 is 11.6 Å². The zero-order valence-corrected chi connectivity index (χ0v) is 15.4. The predicted octanol–water partition coefficient (Wildman–Crippen LogP) is 4.74. The fourth-order valence-corrected chi connectivity index (χ4v) is 2.82. The van der Waals surface area contributed by atoms with Crippen LogP contribution in [0, 0.1) is 0 Å². The summed E-state index contributed by atoms with van der Waals surface area (Å²) in [5, 5.41) is 6.68. The molecule has 0 saturated heterocycles. The van der Waals surface area contributed by atoms with Crippen LogP contribution in [0.4, 0.5) is 10.5 Å². The van der Waals surface area contributed by atoms with Crippen molar-refractivity contribution < 1.29 is 9.53 Å². The van der Waals surface area contributed by atoms with Crippen LogP contribution in [0.5, 0.6) is 0 Å². The van der Waals surface area contributed by atoms with E-state index in [1.165, 1.54) is 0 Å². The van der Waals surface area contributed by atoms with Crippen LogP contribution in [0.3, 0.4) is 0 Å². The van der Waals surface area contributed by atoms with Crippen molar-refractivity contribution in [1.82, 2.24) is 10.3 Å². The summed E-state index contributed by atoms with van der Waals surface area (Å²) in [4.78, 5) is 15.9. The molecule has 1 aromatic heterocycles. The van der Waals surface area contributed by atoms with Gasteiger partial charge in [-0.25, -0.2) is 4.79 Å². The van der Waals surface area contributed by atoms with Crippen molar-refractivity contribution in [2.24, 2.45) is 0 Å². The lowest BCUT2D eigenvalue weighted by Crippen LogP contribution is -2.29. The molecule has 138 valence electrons. The van der Waals surface area contributed by atoms with E-state index in [9.17, 15) is 4.79 Å². The first kappa shape index (κ1) is 18.7. The Hall–Kier alpha value is -3.05. The zero-order valence-electron chi connectivity index (χ0n) is 14.7. The Bertz CT molecular complexity index is 887. The van der Waals surface area contributed by atoms with E-state index in [4.69, 9.17) is 16.3 Å². The quantitative estimate of drug-likeness (QED) is 0.580. The number of carbonyl (C=O) groups excluding carboxylic acids is 1. The van der Waals surface area contributed by atoms with Gasteiger partial charge in [0.25, 0.3) is 0 Å². The number of halogens is 1. The number of pyridine rings is 1. The number of carbonyl (C=O) groups is 1. The fraction of sp³-hybridized carbons (Fsp3) is 0.143. The predicted molar refractivity (Wildman–Crippen MR) is 108 cm³/mol. The van der Waals surface area contributed by atoms with E-state index < -0.39 is 6.09 Å². The Morgan fingerprint density at radius 2 is 1.74 bits per heavy atom. The third-order valence-electron chi connectivity index (χ3n) is 3.91. The minimum atomic E-state index is -0.446. The number of nitrogens with one attached hydrogen (secondary N) is 2. The summed E-state index contributed by atoms with van der Waals surface area (Å²) >= 11 is 6.30. The van der Waals surface area contributed by atoms with Gasteiger partial charge in [0.05, 0.1) is 11.9 Å². The summed E-state index contributed by atoms with van der Waals surface area (Å²) < 4.78 is 5.18. The van der Waals surface area contributed by atoms with Gasteiger partial charge in [-0.15, -0.1) is 0 Å². The smallest absolute Gasteiger partial charge is 0.407 e. The number of amides is 1. The molecule has 0 fully saturated rings. The van der Waals surface area contributed by atoms with Gasteiger partial charge >= 0.3 is 6.09 Å². The molecule has 1 heterocycles. The molecule has 3 aromatic rings. The second-order valence-electron chi connectivity index (χ2n) is 5.82. The van der Waals surface area contributed by atoms with E-state index in [1.807, 2.05) is 60.7 Å². The first-order valence-electron chi connectivity index (χ1n) is 8.61. The molecule has 0 aliphatic heterocycles. The molecule has 0 aliphatic rings. The number of benzene rings is 2. The maximum atomic E-state index is 11.8. The van der Waals surface area contributed by atoms with Gasteiger partial charge < -0.3 is 15.4 Å². The molecule has 0 saturated carbocycles. The van der Waals surface area contributed by atoms with Crippen LogP contribution in [-0.4, -0.2) is 24.2 Å². The first-order valence-corrected chi connectivity index (χ1v) is 8.99. The minimum absolute atomic E-state index is 0.249. The highest BCUT2D eigenvalue weighted by atomic mass is 35.5. The number of hydrogen-bond acceptors (Lipinski definition) is 4. The van der Waals surface area contributed by atoms with E-state index in [1.54, 1.807) is 12.4 Å². The molecule has 0 atom stereocenters. The molecule has 6 heteroatoms. The van der Waals surface area contributed by atoms with Gasteiger partial charge in [0.1, 0.15) is 6.61 Å². The average molecular weight is 382 g/mol. The molecule has 0 bridgehead atoms. The second kappa shape index (κ2) is 9.59. The Kier molecular flexibility index (Phi) is 6.66. The van der Waals surface area contributed by atoms with Gasteiger partial charge in [-0.3, -0.25) is 4.98 Å². The van der Waals surface area contributed by atoms with E-state index >= 15 is 0 Å². The molecule has 2 aromatic carbocycles. The highest BCUT2D eigenvalue weighted by Gasteiger charge is 2.08. The molecule has 0 aliphatic carbocycles. The summed E-state index contributed by atoms with van der Waals surface area (Å²) in [5.41, 5.74) is 3.69. The van der Waals surface area contributed by atoms with Crippen molar-refractivity contribution in [2.75, 3.05) is 18.4 Å². The Labute approximate surface area is 163 Å². The molecule has 3 rings (SSSR count). The molecule has 2 N–H and O–H groups in total. The largest absolute Gasteiger partial charge is 0.445 e.